The third-order valence-electron chi connectivity index (χ3n) is 12.2. The van der Waals surface area contributed by atoms with E-state index in [4.69, 9.17) is 43.2 Å². The largest absolute Gasteiger partial charge is 0.497 e. The molecule has 0 saturated heterocycles. The number of fused-ring (bicyclic) bond motifs is 3. The minimum Gasteiger partial charge on any atom is -0.497 e. The van der Waals surface area contributed by atoms with Crippen LogP contribution in [0, 0.1) is 17.8 Å². The summed E-state index contributed by atoms with van der Waals surface area (Å²) < 4.78 is 42.1. The average Bonchev–Trinajstić information content (AvgIpc) is 3.77. The van der Waals surface area contributed by atoms with E-state index in [1.807, 2.05) is 13.0 Å². The summed E-state index contributed by atoms with van der Waals surface area (Å²) in [5, 5.41) is 27.3. The van der Waals surface area contributed by atoms with Gasteiger partial charge in [0.05, 0.1) is 38.1 Å². The highest BCUT2D eigenvalue weighted by Crippen LogP contribution is 2.62. The predicted molar refractivity (Wildman–Crippen MR) is 230 cm³/mol. The van der Waals surface area contributed by atoms with Gasteiger partial charge in [0.1, 0.15) is 35.6 Å². The molecule has 0 radical (unpaired) electrons. The molecule has 332 valence electrons. The summed E-state index contributed by atoms with van der Waals surface area (Å²) in [5.74, 6) is 0.188. The lowest BCUT2D eigenvalue weighted by atomic mass is 9.55. The van der Waals surface area contributed by atoms with Gasteiger partial charge in [-0.3, -0.25) is 10.1 Å². The first-order valence-corrected chi connectivity index (χ1v) is 21.3. The maximum absolute atomic E-state index is 14.6. The fraction of sp³-hybridized carbons (Fsp3) is 0.468. The van der Waals surface area contributed by atoms with E-state index in [9.17, 15) is 19.8 Å². The van der Waals surface area contributed by atoms with Gasteiger partial charge in [0.2, 0.25) is 12.6 Å². The molecule has 2 aliphatic carbocycles. The van der Waals surface area contributed by atoms with Crippen molar-refractivity contribution in [3.63, 3.8) is 0 Å². The normalized spacial score (nSPS) is 23.5. The number of hydrogen-bond donors (Lipinski definition) is 3. The van der Waals surface area contributed by atoms with Gasteiger partial charge in [-0.1, -0.05) is 30.1 Å². The number of anilines is 1. The van der Waals surface area contributed by atoms with Crippen molar-refractivity contribution in [2.24, 2.45) is 22.9 Å². The summed E-state index contributed by atoms with van der Waals surface area (Å²) >= 11 is 0. The zero-order chi connectivity index (χ0) is 43.8. The molecule has 15 nitrogen and oxygen atoms in total. The van der Waals surface area contributed by atoms with E-state index in [0.29, 0.717) is 65.2 Å². The van der Waals surface area contributed by atoms with Crippen LogP contribution in [0.25, 0.3) is 0 Å². The molecule has 0 bridgehead atoms. The van der Waals surface area contributed by atoms with Crippen LogP contribution in [0.4, 0.5) is 10.5 Å². The van der Waals surface area contributed by atoms with E-state index in [2.05, 4.69) is 18.0 Å². The Morgan fingerprint density at radius 3 is 2.45 bits per heavy atom. The lowest BCUT2D eigenvalue weighted by Gasteiger charge is -2.59. The molecule has 62 heavy (non-hydrogen) atoms. The summed E-state index contributed by atoms with van der Waals surface area (Å²) in [4.78, 5) is 35.6. The standard InChI is InChI=1S/C47H57N3O12/c1-6-22-59-47-42(50(3)45(53)30-14-18-39-41(24-30)58-28-57-39)27-37(49-60-7-2)34-23-29(12-8-10-20-51)33(13-9-11-21-52)43(44(34)47)35-25-32(16-19-38(35)62-47)61-46(54)48-36-17-15-31(55-4)26-40(36)56-5/h6,14-19,23-26,29,33,42-44,51-52H,1,7-13,20-22,27-28H2,2-5H3,(H,48,54). The number of amides is 2. The van der Waals surface area contributed by atoms with Gasteiger partial charge in [-0.05, 0) is 98.5 Å². The van der Waals surface area contributed by atoms with Crippen LogP contribution in [0.3, 0.4) is 0 Å². The Morgan fingerprint density at radius 2 is 1.71 bits per heavy atom. The second-order valence-electron chi connectivity index (χ2n) is 15.8. The Hall–Kier alpha value is -5.77. The Bertz CT molecular complexity index is 2160. The smallest absolute Gasteiger partial charge is 0.417 e. The van der Waals surface area contributed by atoms with Crippen molar-refractivity contribution in [3.05, 3.63) is 90.0 Å². The van der Waals surface area contributed by atoms with Crippen LogP contribution in [-0.2, 0) is 9.57 Å². The zero-order valence-corrected chi connectivity index (χ0v) is 35.8. The number of benzene rings is 3. The van der Waals surface area contributed by atoms with E-state index in [0.717, 1.165) is 36.8 Å². The molecule has 2 aliphatic heterocycles. The van der Waals surface area contributed by atoms with Crippen LogP contribution in [0.2, 0.25) is 0 Å². The molecule has 0 aromatic heterocycles. The monoisotopic (exact) mass is 855 g/mol. The highest BCUT2D eigenvalue weighted by Gasteiger charge is 2.65. The van der Waals surface area contributed by atoms with Crippen LogP contribution in [0.15, 0.2) is 84.1 Å². The van der Waals surface area contributed by atoms with Gasteiger partial charge in [-0.2, -0.15) is 0 Å². The van der Waals surface area contributed by atoms with Crippen LogP contribution in [0.5, 0.6) is 34.5 Å². The summed E-state index contributed by atoms with van der Waals surface area (Å²) in [6.07, 6.45) is 7.75. The van der Waals surface area contributed by atoms with Gasteiger partial charge < -0.3 is 53.1 Å². The fourth-order valence-corrected chi connectivity index (χ4v) is 9.45. The number of nitrogens with one attached hydrogen (secondary N) is 1. The molecule has 7 rings (SSSR count). The van der Waals surface area contributed by atoms with Crippen molar-refractivity contribution >= 4 is 23.4 Å². The first-order valence-electron chi connectivity index (χ1n) is 21.3. The maximum Gasteiger partial charge on any atom is 0.417 e. The number of ether oxygens (including phenoxy) is 7. The van der Waals surface area contributed by atoms with Crippen LogP contribution in [-0.4, -0.2) is 99.1 Å². The van der Waals surface area contributed by atoms with Gasteiger partial charge in [0.25, 0.3) is 5.91 Å². The van der Waals surface area contributed by atoms with Crippen molar-refractivity contribution in [2.45, 2.75) is 69.6 Å². The summed E-state index contributed by atoms with van der Waals surface area (Å²) in [6, 6.07) is 14.7. The number of aliphatic hydroxyl groups is 2. The number of likely N-dealkylation sites (N-methyl/N-ethyl adjacent to an activating group) is 1. The van der Waals surface area contributed by atoms with Gasteiger partial charge in [0.15, 0.2) is 11.5 Å². The van der Waals surface area contributed by atoms with Gasteiger partial charge >= 0.3 is 6.09 Å². The summed E-state index contributed by atoms with van der Waals surface area (Å²) in [6.45, 7) is 6.49. The molecule has 6 unspecified atom stereocenters. The molecule has 2 heterocycles. The quantitative estimate of drug-likeness (QED) is 0.0617. The third-order valence-corrected chi connectivity index (χ3v) is 12.2. The average molecular weight is 856 g/mol. The molecule has 4 aliphatic rings. The first-order chi connectivity index (χ1) is 30.2. The lowest BCUT2D eigenvalue weighted by molar-refractivity contribution is -0.252. The number of oxime groups is 1. The second-order valence-corrected chi connectivity index (χ2v) is 15.8. The minimum atomic E-state index is -1.46. The maximum atomic E-state index is 14.6. The van der Waals surface area contributed by atoms with E-state index >= 15 is 0 Å². The molecular weight excluding hydrogens is 799 g/mol. The van der Waals surface area contributed by atoms with E-state index in [1.165, 1.54) is 7.11 Å². The minimum absolute atomic E-state index is 0.0197. The Labute approximate surface area is 362 Å². The number of aliphatic hydroxyl groups excluding tert-OH is 2. The number of allylic oxidation sites excluding steroid dienone is 1. The molecule has 1 fully saturated rings. The van der Waals surface area contributed by atoms with Crippen molar-refractivity contribution in [1.82, 2.24) is 4.90 Å². The third kappa shape index (κ3) is 8.92. The SMILES string of the molecule is C=CCOC12Oc3ccc(OC(=O)Nc4ccc(OC)cc4OC)cc3C3C(CCCCO)C(CCCCO)C=C(C(=NOCC)CC1N(C)C(=O)c1ccc4c(c1)OCO4)C32. The number of hydrogen-bond acceptors (Lipinski definition) is 13. The molecule has 3 N–H and O–H groups in total. The Balaban J connectivity index is 1.36. The van der Waals surface area contributed by atoms with Crippen molar-refractivity contribution in [2.75, 3.05) is 59.8 Å². The molecule has 3 aromatic rings. The van der Waals surface area contributed by atoms with E-state index < -0.39 is 23.8 Å². The topological polar surface area (TPSA) is 176 Å². The molecule has 0 spiro atoms. The molecule has 2 amide bonds. The van der Waals surface area contributed by atoms with E-state index in [1.54, 1.807) is 73.7 Å². The van der Waals surface area contributed by atoms with Crippen LogP contribution in [0.1, 0.15) is 73.7 Å². The summed E-state index contributed by atoms with van der Waals surface area (Å²) in [7, 11) is 4.79. The molecule has 3 aromatic carbocycles. The molecular formula is C47H57N3O12. The van der Waals surface area contributed by atoms with Crippen molar-refractivity contribution in [3.8, 4) is 34.5 Å². The van der Waals surface area contributed by atoms with Crippen LogP contribution < -0.4 is 33.7 Å². The highest BCUT2D eigenvalue weighted by atomic mass is 16.7. The van der Waals surface area contributed by atoms with Gasteiger partial charge in [0, 0.05) is 49.8 Å². The number of unbranched alkanes of at least 4 members (excludes halogenated alkanes) is 2. The van der Waals surface area contributed by atoms with Gasteiger partial charge in [-0.15, -0.1) is 6.58 Å². The molecule has 6 atom stereocenters. The zero-order valence-electron chi connectivity index (χ0n) is 35.8. The first kappa shape index (κ1) is 44.3. The number of rotatable bonds is 19. The van der Waals surface area contributed by atoms with Gasteiger partial charge in [-0.25, -0.2) is 4.79 Å². The number of carbonyl (C=O) groups excluding carboxylic acids is 2. The Morgan fingerprint density at radius 1 is 0.952 bits per heavy atom. The van der Waals surface area contributed by atoms with Crippen molar-refractivity contribution < 1.29 is 57.8 Å². The number of carbonyl (C=O) groups is 2. The predicted octanol–water partition coefficient (Wildman–Crippen LogP) is 7.47. The number of nitrogens with zero attached hydrogens (tertiary/aromatic N) is 2. The van der Waals surface area contributed by atoms with E-state index in [-0.39, 0.29) is 62.4 Å². The van der Waals surface area contributed by atoms with Crippen molar-refractivity contribution in [1.29, 1.82) is 0 Å². The fourth-order valence-electron chi connectivity index (χ4n) is 9.45. The Kier molecular flexibility index (Phi) is 14.3. The highest BCUT2D eigenvalue weighted by molar-refractivity contribution is 6.03. The van der Waals surface area contributed by atoms with Crippen LogP contribution >= 0.6 is 0 Å². The number of methoxy groups -OCH3 is 2. The second kappa shape index (κ2) is 20.0. The summed E-state index contributed by atoms with van der Waals surface area (Å²) in [5.41, 5.74) is 3.15. The lowest BCUT2D eigenvalue weighted by Crippen LogP contribution is -2.69. The molecule has 15 heteroatoms. The molecule has 1 saturated carbocycles.